The molecule has 2 fully saturated rings. The van der Waals surface area contributed by atoms with Gasteiger partial charge < -0.3 is 15.0 Å². The molecule has 2 aliphatic rings. The Morgan fingerprint density at radius 1 is 1.38 bits per heavy atom. The fourth-order valence-corrected chi connectivity index (χ4v) is 3.29. The van der Waals surface area contributed by atoms with Crippen molar-refractivity contribution in [2.45, 2.75) is 57.8 Å². The topological polar surface area (TPSA) is 41.6 Å². The number of morpholine rings is 1. The van der Waals surface area contributed by atoms with Crippen molar-refractivity contribution >= 4 is 6.03 Å². The van der Waals surface area contributed by atoms with Gasteiger partial charge in [-0.2, -0.15) is 0 Å². The summed E-state index contributed by atoms with van der Waals surface area (Å²) in [5.41, 5.74) is 0.776. The number of carbonyl (C=O) groups excluding carboxylic acids is 1. The van der Waals surface area contributed by atoms with Crippen molar-refractivity contribution in [1.29, 1.82) is 0 Å². The van der Waals surface area contributed by atoms with Gasteiger partial charge in [0.15, 0.2) is 0 Å². The maximum atomic E-state index is 13.2. The Morgan fingerprint density at radius 2 is 2.21 bits per heavy atom. The molecule has 3 rings (SSSR count). The zero-order valence-corrected chi connectivity index (χ0v) is 14.3. The maximum absolute atomic E-state index is 13.2. The molecule has 1 saturated carbocycles. The summed E-state index contributed by atoms with van der Waals surface area (Å²) in [6.07, 6.45) is 6.02. The van der Waals surface area contributed by atoms with Gasteiger partial charge in [-0.25, -0.2) is 9.18 Å². The maximum Gasteiger partial charge on any atom is 0.317 e. The predicted octanol–water partition coefficient (Wildman–Crippen LogP) is 3.70. The van der Waals surface area contributed by atoms with E-state index >= 15 is 0 Å². The van der Waals surface area contributed by atoms with Crippen molar-refractivity contribution in [3.63, 3.8) is 0 Å². The summed E-state index contributed by atoms with van der Waals surface area (Å²) < 4.78 is 19.4. The van der Waals surface area contributed by atoms with Gasteiger partial charge in [0.1, 0.15) is 5.82 Å². The van der Waals surface area contributed by atoms with Gasteiger partial charge in [0, 0.05) is 19.6 Å². The van der Waals surface area contributed by atoms with Crippen molar-refractivity contribution < 1.29 is 13.9 Å². The molecule has 1 aliphatic heterocycles. The number of nitrogens with zero attached hydrogens (tertiary/aromatic N) is 1. The number of rotatable bonds is 6. The van der Waals surface area contributed by atoms with E-state index in [9.17, 15) is 9.18 Å². The number of carbonyl (C=O) groups is 1. The summed E-state index contributed by atoms with van der Waals surface area (Å²) >= 11 is 0. The predicted molar refractivity (Wildman–Crippen MR) is 91.1 cm³/mol. The van der Waals surface area contributed by atoms with Crippen LogP contribution in [0.1, 0.15) is 44.6 Å². The van der Waals surface area contributed by atoms with Crippen LogP contribution in [0.15, 0.2) is 24.3 Å². The van der Waals surface area contributed by atoms with Crippen molar-refractivity contribution in [3.05, 3.63) is 35.6 Å². The van der Waals surface area contributed by atoms with E-state index in [4.69, 9.17) is 4.74 Å². The molecule has 0 unspecified atom stereocenters. The third-order valence-corrected chi connectivity index (χ3v) is 4.84. The number of urea groups is 1. The zero-order valence-electron chi connectivity index (χ0n) is 14.3. The number of amides is 2. The molecule has 1 heterocycles. The van der Waals surface area contributed by atoms with Gasteiger partial charge in [-0.05, 0) is 42.9 Å². The minimum absolute atomic E-state index is 0.0743. The smallest absolute Gasteiger partial charge is 0.317 e. The molecule has 4 nitrogen and oxygen atoms in total. The van der Waals surface area contributed by atoms with E-state index in [-0.39, 0.29) is 24.1 Å². The Kier molecular flexibility index (Phi) is 5.72. The number of nitrogens with one attached hydrogen (secondary N) is 1. The van der Waals surface area contributed by atoms with Crippen LogP contribution >= 0.6 is 0 Å². The van der Waals surface area contributed by atoms with Crippen LogP contribution in [0, 0.1) is 11.7 Å². The standard InChI is InChI=1S/C19H27FN2O2/c1-2-3-7-17-12-22(13-18(24-17)15-8-9-15)19(23)21-11-14-5-4-6-16(20)10-14/h4-6,10,15,17-18H,2-3,7-9,11-13H2,1H3,(H,21,23)/t17-,18-/m1/s1. The summed E-state index contributed by atoms with van der Waals surface area (Å²) in [7, 11) is 0. The number of benzene rings is 1. The van der Waals surface area contributed by atoms with E-state index in [1.165, 1.54) is 25.0 Å². The molecule has 2 amide bonds. The van der Waals surface area contributed by atoms with Gasteiger partial charge in [-0.1, -0.05) is 31.9 Å². The van der Waals surface area contributed by atoms with E-state index in [0.29, 0.717) is 25.6 Å². The van der Waals surface area contributed by atoms with E-state index in [1.807, 2.05) is 11.0 Å². The van der Waals surface area contributed by atoms with Gasteiger partial charge >= 0.3 is 6.03 Å². The first kappa shape index (κ1) is 17.2. The number of ether oxygens (including phenoxy) is 1. The van der Waals surface area contributed by atoms with Crippen LogP contribution in [0.25, 0.3) is 0 Å². The monoisotopic (exact) mass is 334 g/mol. The first-order valence-electron chi connectivity index (χ1n) is 9.08. The molecule has 5 heteroatoms. The summed E-state index contributed by atoms with van der Waals surface area (Å²) in [6.45, 7) is 3.84. The molecule has 0 aromatic heterocycles. The molecule has 2 atom stereocenters. The van der Waals surface area contributed by atoms with Crippen molar-refractivity contribution in [2.24, 2.45) is 5.92 Å². The third-order valence-electron chi connectivity index (χ3n) is 4.84. The second-order valence-electron chi connectivity index (χ2n) is 6.97. The van der Waals surface area contributed by atoms with Crippen molar-refractivity contribution in [2.75, 3.05) is 13.1 Å². The van der Waals surface area contributed by atoms with Crippen LogP contribution in [0.3, 0.4) is 0 Å². The lowest BCUT2D eigenvalue weighted by molar-refractivity contribution is -0.0848. The highest BCUT2D eigenvalue weighted by molar-refractivity contribution is 5.74. The van der Waals surface area contributed by atoms with Crippen LogP contribution in [-0.4, -0.2) is 36.2 Å². The molecular weight excluding hydrogens is 307 g/mol. The SMILES string of the molecule is CCCC[C@@H]1CN(C(=O)NCc2cccc(F)c2)C[C@H](C2CC2)O1. The number of hydrogen-bond acceptors (Lipinski definition) is 2. The number of halogens is 1. The molecule has 1 N–H and O–H groups in total. The Morgan fingerprint density at radius 3 is 2.92 bits per heavy atom. The highest BCUT2D eigenvalue weighted by Gasteiger charge is 2.39. The fraction of sp³-hybridized carbons (Fsp3) is 0.632. The lowest BCUT2D eigenvalue weighted by Crippen LogP contribution is -2.53. The van der Waals surface area contributed by atoms with Gasteiger partial charge in [0.2, 0.25) is 0 Å². The molecular formula is C19H27FN2O2. The van der Waals surface area contributed by atoms with Gasteiger partial charge in [0.05, 0.1) is 12.2 Å². The van der Waals surface area contributed by atoms with Crippen LogP contribution in [0.5, 0.6) is 0 Å². The average Bonchev–Trinajstić information content (AvgIpc) is 3.43. The van der Waals surface area contributed by atoms with E-state index < -0.39 is 0 Å². The second kappa shape index (κ2) is 7.97. The van der Waals surface area contributed by atoms with E-state index in [0.717, 1.165) is 24.8 Å². The highest BCUT2D eigenvalue weighted by Crippen LogP contribution is 2.37. The molecule has 0 radical (unpaired) electrons. The van der Waals surface area contributed by atoms with Crippen LogP contribution in [-0.2, 0) is 11.3 Å². The minimum atomic E-state index is -0.276. The van der Waals surface area contributed by atoms with Crippen molar-refractivity contribution in [3.8, 4) is 0 Å². The molecule has 1 aromatic carbocycles. The first-order chi connectivity index (χ1) is 11.7. The molecule has 24 heavy (non-hydrogen) atoms. The Hall–Kier alpha value is -1.62. The largest absolute Gasteiger partial charge is 0.371 e. The number of unbranched alkanes of at least 4 members (excludes halogenated alkanes) is 1. The summed E-state index contributed by atoms with van der Waals surface area (Å²) in [5.74, 6) is 0.342. The van der Waals surface area contributed by atoms with Gasteiger partial charge in [-0.15, -0.1) is 0 Å². The quantitative estimate of drug-likeness (QED) is 0.862. The third kappa shape index (κ3) is 4.69. The van der Waals surface area contributed by atoms with Gasteiger partial charge in [0.25, 0.3) is 0 Å². The lowest BCUT2D eigenvalue weighted by atomic mass is 10.1. The lowest BCUT2D eigenvalue weighted by Gasteiger charge is -2.38. The van der Waals surface area contributed by atoms with Crippen LogP contribution in [0.2, 0.25) is 0 Å². The normalized spacial score (nSPS) is 24.0. The summed E-state index contributed by atoms with van der Waals surface area (Å²) in [5, 5.41) is 2.92. The van der Waals surface area contributed by atoms with E-state index in [2.05, 4.69) is 12.2 Å². The number of hydrogen-bond donors (Lipinski definition) is 1. The van der Waals surface area contributed by atoms with Crippen LogP contribution in [0.4, 0.5) is 9.18 Å². The molecule has 132 valence electrons. The first-order valence-corrected chi connectivity index (χ1v) is 9.08. The van der Waals surface area contributed by atoms with Crippen LogP contribution < -0.4 is 5.32 Å². The molecule has 1 saturated heterocycles. The molecule has 1 aliphatic carbocycles. The highest BCUT2D eigenvalue weighted by atomic mass is 19.1. The van der Waals surface area contributed by atoms with Gasteiger partial charge in [-0.3, -0.25) is 0 Å². The minimum Gasteiger partial charge on any atom is -0.371 e. The zero-order chi connectivity index (χ0) is 16.9. The second-order valence-corrected chi connectivity index (χ2v) is 6.97. The Bertz CT molecular complexity index is 562. The molecule has 0 spiro atoms. The summed E-state index contributed by atoms with van der Waals surface area (Å²) in [6, 6.07) is 6.27. The average molecular weight is 334 g/mol. The Balaban J connectivity index is 1.55. The molecule has 1 aromatic rings. The summed E-state index contributed by atoms with van der Waals surface area (Å²) in [4.78, 5) is 14.4. The Labute approximate surface area is 143 Å². The van der Waals surface area contributed by atoms with E-state index in [1.54, 1.807) is 6.07 Å². The van der Waals surface area contributed by atoms with Crippen molar-refractivity contribution in [1.82, 2.24) is 10.2 Å². The fourth-order valence-electron chi connectivity index (χ4n) is 3.29. The molecule has 0 bridgehead atoms.